The minimum atomic E-state index is -0.642. The van der Waals surface area contributed by atoms with Gasteiger partial charge in [0.1, 0.15) is 17.8 Å². The Morgan fingerprint density at radius 2 is 1.94 bits per heavy atom. The minimum Gasteiger partial charge on any atom is -0.508 e. The first-order valence-electron chi connectivity index (χ1n) is 12.1. The van der Waals surface area contributed by atoms with Crippen LogP contribution in [0.25, 0.3) is 0 Å². The Morgan fingerprint density at radius 3 is 2.51 bits per heavy atom. The molecule has 10 heteroatoms. The topological polar surface area (TPSA) is 149 Å². The molecular weight excluding hydrogens is 448 g/mol. The van der Waals surface area contributed by atoms with E-state index in [1.54, 1.807) is 43.2 Å². The van der Waals surface area contributed by atoms with Crippen LogP contribution in [0.5, 0.6) is 5.75 Å². The summed E-state index contributed by atoms with van der Waals surface area (Å²) in [6.07, 6.45) is 1.81. The lowest BCUT2D eigenvalue weighted by Crippen LogP contribution is -2.68. The maximum absolute atomic E-state index is 13.4. The molecule has 1 aliphatic rings. The molecule has 194 valence electrons. The Hall–Kier alpha value is -2.98. The number of ketones is 2. The first kappa shape index (κ1) is 28.3. The van der Waals surface area contributed by atoms with Crippen molar-refractivity contribution in [2.24, 2.45) is 16.1 Å². The Balaban J connectivity index is 2.27. The zero-order chi connectivity index (χ0) is 26.2. The summed E-state index contributed by atoms with van der Waals surface area (Å²) in [5.41, 5.74) is 9.25. The lowest BCUT2D eigenvalue weighted by Gasteiger charge is -2.41. The van der Waals surface area contributed by atoms with Crippen molar-refractivity contribution in [3.63, 3.8) is 0 Å². The highest BCUT2D eigenvalue weighted by Crippen LogP contribution is 2.22. The van der Waals surface area contributed by atoms with Crippen molar-refractivity contribution in [1.29, 1.82) is 0 Å². The third kappa shape index (κ3) is 8.32. The number of guanidine groups is 1. The summed E-state index contributed by atoms with van der Waals surface area (Å²) in [6, 6.07) is 4.89. The van der Waals surface area contributed by atoms with Gasteiger partial charge < -0.3 is 21.5 Å². The number of amides is 1. The zero-order valence-corrected chi connectivity index (χ0v) is 21.4. The van der Waals surface area contributed by atoms with Crippen molar-refractivity contribution in [3.8, 4) is 5.75 Å². The summed E-state index contributed by atoms with van der Waals surface area (Å²) in [6.45, 7) is 8.14. The SMILES string of the molecule is CCC(=O)C1CN(N[C@@H](Cc2ccc(O)cc2)C(=O)C(C)(C)C)C(CCCNC(N)=NC)C(=O)N1. The van der Waals surface area contributed by atoms with Gasteiger partial charge in [-0.05, 0) is 37.0 Å². The number of carbonyl (C=O) groups excluding carboxylic acids is 3. The van der Waals surface area contributed by atoms with Crippen molar-refractivity contribution in [2.45, 2.75) is 71.5 Å². The second-order valence-electron chi connectivity index (χ2n) is 9.89. The molecule has 0 spiro atoms. The third-order valence-electron chi connectivity index (χ3n) is 6.07. The number of Topliss-reactive ketones (excluding diaryl/α,β-unsaturated/α-hetero) is 2. The second kappa shape index (κ2) is 12.6. The number of nitrogens with zero attached hydrogens (tertiary/aromatic N) is 2. The molecule has 1 aliphatic heterocycles. The van der Waals surface area contributed by atoms with Crippen molar-refractivity contribution in [2.75, 3.05) is 20.1 Å². The van der Waals surface area contributed by atoms with E-state index in [2.05, 4.69) is 21.1 Å². The van der Waals surface area contributed by atoms with Gasteiger partial charge in [0.2, 0.25) is 5.91 Å². The van der Waals surface area contributed by atoms with E-state index in [9.17, 15) is 19.5 Å². The van der Waals surface area contributed by atoms with Crippen LogP contribution in [0, 0.1) is 5.41 Å². The molecule has 3 atom stereocenters. The van der Waals surface area contributed by atoms with Gasteiger partial charge in [-0.1, -0.05) is 39.8 Å². The average molecular weight is 489 g/mol. The Labute approximate surface area is 207 Å². The van der Waals surface area contributed by atoms with Crippen LogP contribution >= 0.6 is 0 Å². The van der Waals surface area contributed by atoms with E-state index in [0.717, 1.165) is 5.56 Å². The number of benzene rings is 1. The highest BCUT2D eigenvalue weighted by Gasteiger charge is 2.39. The number of nitrogens with one attached hydrogen (secondary N) is 3. The summed E-state index contributed by atoms with van der Waals surface area (Å²) in [7, 11) is 1.59. The standard InChI is InChI=1S/C25H40N6O4/c1-6-21(33)19-15-31(20(23(35)29-19)8-7-13-28-24(26)27-5)30-18(22(34)25(2,3)4)14-16-9-11-17(32)12-10-16/h9-12,18-20,30,32H,6-8,13-15H2,1-5H3,(H,29,35)(H3,26,27,28)/t18-,19?,20?/m0/s1. The molecule has 0 saturated carbocycles. The molecule has 6 N–H and O–H groups in total. The molecular formula is C25H40N6O4. The van der Waals surface area contributed by atoms with Crippen LogP contribution in [-0.2, 0) is 20.8 Å². The molecule has 2 rings (SSSR count). The molecule has 1 fully saturated rings. The fourth-order valence-electron chi connectivity index (χ4n) is 4.02. The third-order valence-corrected chi connectivity index (χ3v) is 6.07. The highest BCUT2D eigenvalue weighted by atomic mass is 16.3. The van der Waals surface area contributed by atoms with E-state index in [1.165, 1.54) is 0 Å². The largest absolute Gasteiger partial charge is 0.508 e. The molecule has 2 unspecified atom stereocenters. The van der Waals surface area contributed by atoms with E-state index in [0.29, 0.717) is 38.2 Å². The van der Waals surface area contributed by atoms with Gasteiger partial charge in [-0.2, -0.15) is 0 Å². The number of hydrogen-bond donors (Lipinski definition) is 5. The van der Waals surface area contributed by atoms with Crippen molar-refractivity contribution in [1.82, 2.24) is 21.1 Å². The molecule has 1 aromatic carbocycles. The number of carbonyl (C=O) groups is 3. The molecule has 35 heavy (non-hydrogen) atoms. The molecule has 1 saturated heterocycles. The summed E-state index contributed by atoms with van der Waals surface area (Å²) in [5.74, 6) is 0.152. The molecule has 0 bridgehead atoms. The first-order valence-corrected chi connectivity index (χ1v) is 12.1. The summed E-state index contributed by atoms with van der Waals surface area (Å²) < 4.78 is 0. The monoisotopic (exact) mass is 488 g/mol. The zero-order valence-electron chi connectivity index (χ0n) is 21.4. The lowest BCUT2D eigenvalue weighted by atomic mass is 9.84. The van der Waals surface area contributed by atoms with E-state index in [4.69, 9.17) is 5.73 Å². The molecule has 1 aromatic rings. The van der Waals surface area contributed by atoms with E-state index < -0.39 is 23.5 Å². The van der Waals surface area contributed by atoms with Gasteiger partial charge in [-0.3, -0.25) is 19.4 Å². The summed E-state index contributed by atoms with van der Waals surface area (Å²) in [4.78, 5) is 42.7. The van der Waals surface area contributed by atoms with Crippen LogP contribution in [0.1, 0.15) is 52.5 Å². The fraction of sp³-hybridized carbons (Fsp3) is 0.600. The van der Waals surface area contributed by atoms with Crippen LogP contribution in [0.2, 0.25) is 0 Å². The first-order chi connectivity index (χ1) is 16.5. The van der Waals surface area contributed by atoms with Gasteiger partial charge in [0, 0.05) is 32.0 Å². The number of aromatic hydroxyl groups is 1. The molecule has 0 radical (unpaired) electrons. The highest BCUT2D eigenvalue weighted by molar-refractivity contribution is 5.92. The Kier molecular flexibility index (Phi) is 10.2. The second-order valence-corrected chi connectivity index (χ2v) is 9.89. The van der Waals surface area contributed by atoms with Crippen molar-refractivity contribution in [3.05, 3.63) is 29.8 Å². The van der Waals surface area contributed by atoms with Gasteiger partial charge in [0.25, 0.3) is 0 Å². The Morgan fingerprint density at radius 1 is 1.29 bits per heavy atom. The minimum absolute atomic E-state index is 0.0118. The Bertz CT molecular complexity index is 910. The van der Waals surface area contributed by atoms with Crippen LogP contribution in [0.4, 0.5) is 0 Å². The van der Waals surface area contributed by atoms with Crippen molar-refractivity contribution >= 4 is 23.4 Å². The van der Waals surface area contributed by atoms with Gasteiger partial charge >= 0.3 is 0 Å². The van der Waals surface area contributed by atoms with Gasteiger partial charge in [-0.15, -0.1) is 0 Å². The molecule has 1 heterocycles. The maximum atomic E-state index is 13.4. The predicted molar refractivity (Wildman–Crippen MR) is 136 cm³/mol. The number of aliphatic imine (C=N–C) groups is 1. The molecule has 0 aromatic heterocycles. The number of rotatable bonds is 11. The number of hydrazine groups is 1. The molecule has 0 aliphatic carbocycles. The van der Waals surface area contributed by atoms with E-state index >= 15 is 0 Å². The fourth-order valence-corrected chi connectivity index (χ4v) is 4.02. The normalized spacial score (nSPS) is 20.3. The number of hydrogen-bond acceptors (Lipinski definition) is 7. The molecule has 1 amide bonds. The lowest BCUT2D eigenvalue weighted by molar-refractivity contribution is -0.141. The summed E-state index contributed by atoms with van der Waals surface area (Å²) >= 11 is 0. The van der Waals surface area contributed by atoms with Crippen LogP contribution in [0.3, 0.4) is 0 Å². The quantitative estimate of drug-likeness (QED) is 0.175. The van der Waals surface area contributed by atoms with Crippen LogP contribution in [0.15, 0.2) is 29.3 Å². The van der Waals surface area contributed by atoms with Gasteiger partial charge in [0.15, 0.2) is 17.5 Å². The number of phenols is 1. The van der Waals surface area contributed by atoms with Gasteiger partial charge in [-0.25, -0.2) is 10.4 Å². The van der Waals surface area contributed by atoms with Crippen molar-refractivity contribution < 1.29 is 19.5 Å². The van der Waals surface area contributed by atoms with E-state index in [-0.39, 0.29) is 29.8 Å². The smallest absolute Gasteiger partial charge is 0.239 e. The summed E-state index contributed by atoms with van der Waals surface area (Å²) in [5, 5.41) is 17.2. The van der Waals surface area contributed by atoms with E-state index in [1.807, 2.05) is 20.8 Å². The van der Waals surface area contributed by atoms with Gasteiger partial charge in [0.05, 0.1) is 6.04 Å². The van der Waals surface area contributed by atoms with Crippen LogP contribution in [-0.4, -0.2) is 71.8 Å². The number of piperazine rings is 1. The molecule has 10 nitrogen and oxygen atoms in total. The maximum Gasteiger partial charge on any atom is 0.239 e. The number of phenolic OH excluding ortho intramolecular Hbond substituents is 1. The average Bonchev–Trinajstić information content (AvgIpc) is 2.81. The predicted octanol–water partition coefficient (Wildman–Crippen LogP) is 0.886. The van der Waals surface area contributed by atoms with Crippen LogP contribution < -0.4 is 21.8 Å². The number of nitrogens with two attached hydrogens (primary N) is 1.